The van der Waals surface area contributed by atoms with Crippen LogP contribution in [0.2, 0.25) is 0 Å². The predicted octanol–water partition coefficient (Wildman–Crippen LogP) is 4.26. The fourth-order valence-corrected chi connectivity index (χ4v) is 2.33. The quantitative estimate of drug-likeness (QED) is 0.539. The summed E-state index contributed by atoms with van der Waals surface area (Å²) in [6, 6.07) is 18.1. The Kier molecular flexibility index (Phi) is 2.42. The summed E-state index contributed by atoms with van der Waals surface area (Å²) in [4.78, 5) is 4.64. The summed E-state index contributed by atoms with van der Waals surface area (Å²) in [5, 5.41) is 0. The molecule has 4 rings (SSSR count). The van der Waals surface area contributed by atoms with Crippen molar-refractivity contribution in [1.29, 1.82) is 0 Å². The van der Waals surface area contributed by atoms with Gasteiger partial charge in [-0.15, -0.1) is 0 Å². The van der Waals surface area contributed by atoms with Crippen LogP contribution in [-0.4, -0.2) is 9.38 Å². The van der Waals surface area contributed by atoms with Gasteiger partial charge in [0.05, 0.1) is 12.0 Å². The molecule has 3 heterocycles. The van der Waals surface area contributed by atoms with Gasteiger partial charge in [0.25, 0.3) is 0 Å². The molecule has 3 heteroatoms. The number of hydrogen-bond acceptors (Lipinski definition) is 2. The van der Waals surface area contributed by atoms with Crippen molar-refractivity contribution in [1.82, 2.24) is 9.38 Å². The molecule has 0 fully saturated rings. The Balaban J connectivity index is 1.84. The SMILES string of the molecule is c1ccc(-c2cn3cc(-c4ccco4)ccc3n2)cc1. The molecule has 0 radical (unpaired) electrons. The second kappa shape index (κ2) is 4.38. The van der Waals surface area contributed by atoms with E-state index < -0.39 is 0 Å². The lowest BCUT2D eigenvalue weighted by Crippen LogP contribution is -1.83. The summed E-state index contributed by atoms with van der Waals surface area (Å²) in [5.41, 5.74) is 4.07. The number of nitrogens with zero attached hydrogens (tertiary/aromatic N) is 2. The van der Waals surface area contributed by atoms with Gasteiger partial charge < -0.3 is 8.82 Å². The number of rotatable bonds is 2. The van der Waals surface area contributed by atoms with E-state index in [0.717, 1.165) is 28.2 Å². The maximum Gasteiger partial charge on any atom is 0.137 e. The molecule has 96 valence electrons. The molecular weight excluding hydrogens is 248 g/mol. The zero-order valence-corrected chi connectivity index (χ0v) is 10.7. The van der Waals surface area contributed by atoms with Crippen LogP contribution >= 0.6 is 0 Å². The average Bonchev–Trinajstić information content (AvgIpc) is 3.16. The molecule has 0 aliphatic carbocycles. The van der Waals surface area contributed by atoms with Gasteiger partial charge in [-0.3, -0.25) is 0 Å². The van der Waals surface area contributed by atoms with Crippen LogP contribution in [0.15, 0.2) is 77.7 Å². The van der Waals surface area contributed by atoms with Gasteiger partial charge in [-0.05, 0) is 24.3 Å². The van der Waals surface area contributed by atoms with E-state index in [-0.39, 0.29) is 0 Å². The van der Waals surface area contributed by atoms with Gasteiger partial charge in [0, 0.05) is 23.5 Å². The highest BCUT2D eigenvalue weighted by molar-refractivity contribution is 5.65. The maximum absolute atomic E-state index is 5.43. The Bertz CT molecular complexity index is 845. The van der Waals surface area contributed by atoms with Crippen LogP contribution in [0.1, 0.15) is 0 Å². The molecule has 3 nitrogen and oxygen atoms in total. The van der Waals surface area contributed by atoms with Crippen molar-refractivity contribution in [2.24, 2.45) is 0 Å². The number of aromatic nitrogens is 2. The van der Waals surface area contributed by atoms with E-state index >= 15 is 0 Å². The van der Waals surface area contributed by atoms with Gasteiger partial charge >= 0.3 is 0 Å². The van der Waals surface area contributed by atoms with Gasteiger partial charge in [-0.25, -0.2) is 4.98 Å². The smallest absolute Gasteiger partial charge is 0.137 e. The summed E-state index contributed by atoms with van der Waals surface area (Å²) in [7, 11) is 0. The van der Waals surface area contributed by atoms with E-state index in [1.165, 1.54) is 0 Å². The number of imidazole rings is 1. The van der Waals surface area contributed by atoms with E-state index in [0.29, 0.717) is 0 Å². The molecule has 0 aliphatic rings. The van der Waals surface area contributed by atoms with Gasteiger partial charge in [0.1, 0.15) is 11.4 Å². The molecule has 0 aliphatic heterocycles. The molecule has 1 aromatic carbocycles. The highest BCUT2D eigenvalue weighted by Gasteiger charge is 2.06. The zero-order valence-electron chi connectivity index (χ0n) is 10.7. The van der Waals surface area contributed by atoms with E-state index in [9.17, 15) is 0 Å². The molecule has 20 heavy (non-hydrogen) atoms. The summed E-state index contributed by atoms with van der Waals surface area (Å²) in [5.74, 6) is 0.863. The topological polar surface area (TPSA) is 30.4 Å². The van der Waals surface area contributed by atoms with E-state index in [2.05, 4.69) is 17.1 Å². The first-order valence-corrected chi connectivity index (χ1v) is 6.48. The second-order valence-electron chi connectivity index (χ2n) is 4.65. The van der Waals surface area contributed by atoms with Crippen LogP contribution in [0.3, 0.4) is 0 Å². The monoisotopic (exact) mass is 260 g/mol. The molecule has 0 atom stereocenters. The molecule has 0 saturated heterocycles. The van der Waals surface area contributed by atoms with Crippen LogP contribution in [0.5, 0.6) is 0 Å². The third-order valence-corrected chi connectivity index (χ3v) is 3.33. The zero-order chi connectivity index (χ0) is 13.4. The van der Waals surface area contributed by atoms with Crippen molar-refractivity contribution < 1.29 is 4.42 Å². The first-order valence-electron chi connectivity index (χ1n) is 6.48. The first kappa shape index (κ1) is 11.1. The summed E-state index contributed by atoms with van der Waals surface area (Å²) in [6.07, 6.45) is 5.76. The molecule has 0 spiro atoms. The molecule has 0 saturated carbocycles. The summed E-state index contributed by atoms with van der Waals surface area (Å²) >= 11 is 0. The van der Waals surface area contributed by atoms with Crippen LogP contribution in [0.25, 0.3) is 28.2 Å². The van der Waals surface area contributed by atoms with Gasteiger partial charge in [-0.1, -0.05) is 30.3 Å². The highest BCUT2D eigenvalue weighted by atomic mass is 16.3. The van der Waals surface area contributed by atoms with Crippen molar-refractivity contribution in [2.75, 3.05) is 0 Å². The van der Waals surface area contributed by atoms with E-state index in [1.807, 2.05) is 59.3 Å². The molecule has 0 amide bonds. The minimum Gasteiger partial charge on any atom is -0.464 e. The third kappa shape index (κ3) is 1.80. The van der Waals surface area contributed by atoms with Crippen molar-refractivity contribution >= 4 is 5.65 Å². The third-order valence-electron chi connectivity index (χ3n) is 3.33. The maximum atomic E-state index is 5.43. The van der Waals surface area contributed by atoms with Crippen LogP contribution in [-0.2, 0) is 0 Å². The van der Waals surface area contributed by atoms with E-state index in [4.69, 9.17) is 4.42 Å². The predicted molar refractivity (Wildman–Crippen MR) is 78.3 cm³/mol. The molecule has 3 aromatic heterocycles. The minimum atomic E-state index is 0.863. The van der Waals surface area contributed by atoms with Gasteiger partial charge in [-0.2, -0.15) is 0 Å². The number of furan rings is 1. The fraction of sp³-hybridized carbons (Fsp3) is 0. The van der Waals surface area contributed by atoms with Crippen LogP contribution in [0, 0.1) is 0 Å². The summed E-state index contributed by atoms with van der Waals surface area (Å²) in [6.45, 7) is 0. The Labute approximate surface area is 116 Å². The van der Waals surface area contributed by atoms with Crippen LogP contribution in [0.4, 0.5) is 0 Å². The lowest BCUT2D eigenvalue weighted by atomic mass is 10.2. The van der Waals surface area contributed by atoms with Crippen molar-refractivity contribution in [2.45, 2.75) is 0 Å². The normalized spacial score (nSPS) is 11.0. The Morgan fingerprint density at radius 2 is 1.70 bits per heavy atom. The van der Waals surface area contributed by atoms with Gasteiger partial charge in [0.2, 0.25) is 0 Å². The molecular formula is C17H12N2O. The van der Waals surface area contributed by atoms with Crippen LogP contribution < -0.4 is 0 Å². The number of hydrogen-bond donors (Lipinski definition) is 0. The molecule has 0 unspecified atom stereocenters. The van der Waals surface area contributed by atoms with Crippen molar-refractivity contribution in [3.63, 3.8) is 0 Å². The number of pyridine rings is 1. The lowest BCUT2D eigenvalue weighted by Gasteiger charge is -1.97. The second-order valence-corrected chi connectivity index (χ2v) is 4.65. The molecule has 0 N–H and O–H groups in total. The molecule has 0 bridgehead atoms. The van der Waals surface area contributed by atoms with Crippen molar-refractivity contribution in [3.8, 4) is 22.6 Å². The Morgan fingerprint density at radius 1 is 0.800 bits per heavy atom. The fourth-order valence-electron chi connectivity index (χ4n) is 2.33. The largest absolute Gasteiger partial charge is 0.464 e. The molecule has 4 aromatic rings. The Hall–Kier alpha value is -2.81. The average molecular weight is 260 g/mol. The highest BCUT2D eigenvalue weighted by Crippen LogP contribution is 2.23. The lowest BCUT2D eigenvalue weighted by molar-refractivity contribution is 0.582. The number of fused-ring (bicyclic) bond motifs is 1. The Morgan fingerprint density at radius 3 is 2.50 bits per heavy atom. The standard InChI is InChI=1S/C17H12N2O/c1-2-5-13(6-3-1)15-12-19-11-14(8-9-17(19)18-15)16-7-4-10-20-16/h1-12H. The summed E-state index contributed by atoms with van der Waals surface area (Å²) < 4.78 is 7.45. The van der Waals surface area contributed by atoms with Crippen molar-refractivity contribution in [3.05, 3.63) is 73.3 Å². The van der Waals surface area contributed by atoms with Gasteiger partial charge in [0.15, 0.2) is 0 Å². The first-order chi connectivity index (χ1) is 9.90. The minimum absolute atomic E-state index is 0.863. The number of benzene rings is 1. The van der Waals surface area contributed by atoms with E-state index in [1.54, 1.807) is 6.26 Å².